The lowest BCUT2D eigenvalue weighted by atomic mass is 10.0. The molecule has 0 bridgehead atoms. The summed E-state index contributed by atoms with van der Waals surface area (Å²) >= 11 is 0. The van der Waals surface area contributed by atoms with E-state index in [9.17, 15) is 4.79 Å². The second-order valence-corrected chi connectivity index (χ2v) is 9.62. The zero-order chi connectivity index (χ0) is 23.9. The standard InChI is InChI=1S/C27H32N4O2/c1-27(2,3)33-26(32)31-22-15-13-20(28(4)5)17-24(22)30(19-11-9-8-10-12-19)25-18-21(29(6)7)14-16-23(25)31/h8-18H,1-7H3. The summed E-state index contributed by atoms with van der Waals surface area (Å²) in [6, 6.07) is 22.5. The largest absolute Gasteiger partial charge is 0.443 e. The molecule has 33 heavy (non-hydrogen) atoms. The van der Waals surface area contributed by atoms with Crippen LogP contribution in [0.2, 0.25) is 0 Å². The smallest absolute Gasteiger partial charge is 0.419 e. The van der Waals surface area contributed by atoms with Gasteiger partial charge in [-0.2, -0.15) is 0 Å². The summed E-state index contributed by atoms with van der Waals surface area (Å²) in [4.78, 5) is 21.5. The van der Waals surface area contributed by atoms with Crippen LogP contribution in [0.5, 0.6) is 0 Å². The van der Waals surface area contributed by atoms with Gasteiger partial charge >= 0.3 is 6.09 Å². The van der Waals surface area contributed by atoms with Crippen molar-refractivity contribution in [3.8, 4) is 0 Å². The molecule has 1 aliphatic rings. The first kappa shape index (κ1) is 22.5. The van der Waals surface area contributed by atoms with Crippen molar-refractivity contribution in [1.29, 1.82) is 0 Å². The maximum absolute atomic E-state index is 13.5. The van der Waals surface area contributed by atoms with Crippen LogP contribution in [0.4, 0.5) is 44.6 Å². The van der Waals surface area contributed by atoms with E-state index in [0.717, 1.165) is 39.8 Å². The number of hydrogen-bond acceptors (Lipinski definition) is 5. The average Bonchev–Trinajstić information content (AvgIpc) is 2.75. The van der Waals surface area contributed by atoms with Gasteiger partial charge in [-0.15, -0.1) is 0 Å². The monoisotopic (exact) mass is 444 g/mol. The quantitative estimate of drug-likeness (QED) is 0.451. The molecule has 0 atom stereocenters. The maximum Gasteiger partial charge on any atom is 0.419 e. The van der Waals surface area contributed by atoms with E-state index in [0.29, 0.717) is 0 Å². The Kier molecular flexibility index (Phi) is 5.70. The Hall–Kier alpha value is -3.67. The van der Waals surface area contributed by atoms with Crippen LogP contribution in [-0.4, -0.2) is 39.9 Å². The molecule has 0 saturated heterocycles. The molecule has 3 aromatic carbocycles. The Morgan fingerprint density at radius 2 is 1.21 bits per heavy atom. The molecular formula is C27H32N4O2. The van der Waals surface area contributed by atoms with Crippen molar-refractivity contribution in [1.82, 2.24) is 0 Å². The summed E-state index contributed by atoms with van der Waals surface area (Å²) < 4.78 is 5.83. The molecule has 6 nitrogen and oxygen atoms in total. The van der Waals surface area contributed by atoms with Gasteiger partial charge in [-0.1, -0.05) is 18.2 Å². The lowest BCUT2D eigenvalue weighted by Gasteiger charge is -2.40. The van der Waals surface area contributed by atoms with Crippen molar-refractivity contribution in [3.63, 3.8) is 0 Å². The van der Waals surface area contributed by atoms with Gasteiger partial charge in [0.15, 0.2) is 0 Å². The van der Waals surface area contributed by atoms with Crippen molar-refractivity contribution in [2.75, 3.05) is 47.8 Å². The van der Waals surface area contributed by atoms with Crippen LogP contribution in [0.15, 0.2) is 66.7 Å². The zero-order valence-electron chi connectivity index (χ0n) is 20.5. The van der Waals surface area contributed by atoms with Crippen LogP contribution in [-0.2, 0) is 4.74 Å². The van der Waals surface area contributed by atoms with Gasteiger partial charge in [-0.05, 0) is 69.3 Å². The van der Waals surface area contributed by atoms with Crippen LogP contribution >= 0.6 is 0 Å². The molecule has 1 amide bonds. The Morgan fingerprint density at radius 3 is 1.64 bits per heavy atom. The highest BCUT2D eigenvalue weighted by atomic mass is 16.6. The Labute approximate surface area is 196 Å². The molecule has 172 valence electrons. The predicted molar refractivity (Wildman–Crippen MR) is 138 cm³/mol. The summed E-state index contributed by atoms with van der Waals surface area (Å²) in [7, 11) is 8.06. The Bertz CT molecular complexity index is 1110. The van der Waals surface area contributed by atoms with Gasteiger partial charge < -0.3 is 19.4 Å². The van der Waals surface area contributed by atoms with Gasteiger partial charge in [-0.3, -0.25) is 0 Å². The third-order valence-electron chi connectivity index (χ3n) is 5.50. The highest BCUT2D eigenvalue weighted by Gasteiger charge is 2.36. The number of fused-ring (bicyclic) bond motifs is 2. The second-order valence-electron chi connectivity index (χ2n) is 9.62. The molecule has 0 aromatic heterocycles. The van der Waals surface area contributed by atoms with Crippen LogP contribution in [0.25, 0.3) is 0 Å². The molecule has 0 spiro atoms. The average molecular weight is 445 g/mol. The SMILES string of the molecule is CN(C)c1ccc2c(c1)N(c1ccccc1)c1cc(N(C)C)ccc1N2C(=O)OC(C)(C)C. The van der Waals surface area contributed by atoms with E-state index < -0.39 is 11.7 Å². The number of ether oxygens (including phenoxy) is 1. The number of carbonyl (C=O) groups is 1. The molecule has 0 saturated carbocycles. The van der Waals surface area contributed by atoms with E-state index in [-0.39, 0.29) is 0 Å². The number of rotatable bonds is 3. The maximum atomic E-state index is 13.5. The van der Waals surface area contributed by atoms with Crippen molar-refractivity contribution < 1.29 is 9.53 Å². The summed E-state index contributed by atoms with van der Waals surface area (Å²) in [6.07, 6.45) is -0.395. The third-order valence-corrected chi connectivity index (χ3v) is 5.50. The number of carbonyl (C=O) groups excluding carboxylic acids is 1. The number of para-hydroxylation sites is 1. The molecular weight excluding hydrogens is 412 g/mol. The first-order valence-electron chi connectivity index (χ1n) is 11.1. The van der Waals surface area contributed by atoms with Crippen molar-refractivity contribution in [2.45, 2.75) is 26.4 Å². The molecule has 0 unspecified atom stereocenters. The summed E-state index contributed by atoms with van der Waals surface area (Å²) in [5.74, 6) is 0. The minimum Gasteiger partial charge on any atom is -0.443 e. The molecule has 0 aliphatic carbocycles. The predicted octanol–water partition coefficient (Wildman–Crippen LogP) is 6.68. The Balaban J connectivity index is 2.01. The highest BCUT2D eigenvalue weighted by Crippen LogP contribution is 2.53. The fourth-order valence-electron chi connectivity index (χ4n) is 3.94. The van der Waals surface area contributed by atoms with Crippen LogP contribution in [0, 0.1) is 0 Å². The number of hydrogen-bond donors (Lipinski definition) is 0. The minimum atomic E-state index is -0.610. The van der Waals surface area contributed by atoms with E-state index in [2.05, 4.69) is 39.0 Å². The summed E-state index contributed by atoms with van der Waals surface area (Å²) in [5, 5.41) is 0. The van der Waals surface area contributed by atoms with Crippen LogP contribution in [0.3, 0.4) is 0 Å². The second kappa shape index (κ2) is 8.35. The van der Waals surface area contributed by atoms with Gasteiger partial charge in [-0.25, -0.2) is 9.69 Å². The van der Waals surface area contributed by atoms with E-state index in [1.54, 1.807) is 4.90 Å². The molecule has 0 N–H and O–H groups in total. The fourth-order valence-corrected chi connectivity index (χ4v) is 3.94. The van der Waals surface area contributed by atoms with Gasteiger partial charge in [0, 0.05) is 45.3 Å². The minimum absolute atomic E-state index is 0.395. The summed E-state index contributed by atoms with van der Waals surface area (Å²) in [6.45, 7) is 5.66. The van der Waals surface area contributed by atoms with E-state index in [1.165, 1.54) is 0 Å². The molecule has 3 aromatic rings. The van der Waals surface area contributed by atoms with Gasteiger partial charge in [0.2, 0.25) is 0 Å². The van der Waals surface area contributed by atoms with Crippen LogP contribution < -0.4 is 19.6 Å². The molecule has 1 aliphatic heterocycles. The first-order chi connectivity index (χ1) is 15.6. The normalized spacial score (nSPS) is 12.7. The molecule has 0 radical (unpaired) electrons. The lowest BCUT2D eigenvalue weighted by Crippen LogP contribution is -2.37. The first-order valence-corrected chi connectivity index (χ1v) is 11.1. The summed E-state index contributed by atoms with van der Waals surface area (Å²) in [5.41, 5.74) is 5.91. The van der Waals surface area contributed by atoms with Crippen molar-refractivity contribution >= 4 is 45.9 Å². The van der Waals surface area contributed by atoms with E-state index in [1.807, 2.05) is 91.4 Å². The number of amides is 1. The zero-order valence-corrected chi connectivity index (χ0v) is 20.5. The topological polar surface area (TPSA) is 39.3 Å². The highest BCUT2D eigenvalue weighted by molar-refractivity contribution is 6.10. The van der Waals surface area contributed by atoms with Crippen molar-refractivity contribution in [2.24, 2.45) is 0 Å². The fraction of sp³-hybridized carbons (Fsp3) is 0.296. The Morgan fingerprint density at radius 1 is 0.727 bits per heavy atom. The lowest BCUT2D eigenvalue weighted by molar-refractivity contribution is 0.0599. The third kappa shape index (κ3) is 4.33. The van der Waals surface area contributed by atoms with Crippen LogP contribution in [0.1, 0.15) is 20.8 Å². The van der Waals surface area contributed by atoms with E-state index >= 15 is 0 Å². The molecule has 6 heteroatoms. The van der Waals surface area contributed by atoms with Gasteiger partial charge in [0.1, 0.15) is 5.60 Å². The van der Waals surface area contributed by atoms with Gasteiger partial charge in [0.05, 0.1) is 22.7 Å². The van der Waals surface area contributed by atoms with Gasteiger partial charge in [0.25, 0.3) is 0 Å². The number of nitrogens with zero attached hydrogens (tertiary/aromatic N) is 4. The molecule has 0 fully saturated rings. The molecule has 1 heterocycles. The van der Waals surface area contributed by atoms with E-state index in [4.69, 9.17) is 4.74 Å². The van der Waals surface area contributed by atoms with Crippen molar-refractivity contribution in [3.05, 3.63) is 66.7 Å². The number of anilines is 7. The number of benzene rings is 3. The molecule has 4 rings (SSSR count).